The van der Waals surface area contributed by atoms with Crippen LogP contribution in [0.25, 0.3) is 11.8 Å². The second-order valence-corrected chi connectivity index (χ2v) is 7.12. The number of nitrogens with one attached hydrogen (secondary N) is 1. The molecule has 1 aromatic carbocycles. The summed E-state index contributed by atoms with van der Waals surface area (Å²) in [7, 11) is 0. The molecule has 1 N–H and O–H groups in total. The minimum absolute atomic E-state index is 0.111. The van der Waals surface area contributed by atoms with Gasteiger partial charge in [-0.3, -0.25) is 4.79 Å². The molecule has 0 aliphatic heterocycles. The van der Waals surface area contributed by atoms with Gasteiger partial charge in [0.25, 0.3) is 5.91 Å². The number of carbonyl (C=O) groups is 1. The molecule has 1 amide bonds. The molecule has 3 rings (SSSR count). The summed E-state index contributed by atoms with van der Waals surface area (Å²) in [6.07, 6.45) is 7.04. The Labute approximate surface area is 159 Å². The molecule has 5 heteroatoms. The zero-order chi connectivity index (χ0) is 19.4. The maximum Gasteiger partial charge on any atom is 0.262 e. The van der Waals surface area contributed by atoms with Crippen molar-refractivity contribution in [3.05, 3.63) is 58.7 Å². The number of aryl methyl sites for hydroxylation is 1. The SMILES string of the molecule is Cc1cc(C=C(C#N)C(=O)NC2CCCCC2)c(C)n1-c1ccc(F)cc1. The summed E-state index contributed by atoms with van der Waals surface area (Å²) in [6.45, 7) is 3.87. The fraction of sp³-hybridized carbons (Fsp3) is 0.364. The smallest absolute Gasteiger partial charge is 0.262 e. The first-order valence-electron chi connectivity index (χ1n) is 9.37. The highest BCUT2D eigenvalue weighted by Crippen LogP contribution is 2.23. The Kier molecular flexibility index (Phi) is 5.75. The van der Waals surface area contributed by atoms with E-state index >= 15 is 0 Å². The second-order valence-electron chi connectivity index (χ2n) is 7.12. The minimum atomic E-state index is -0.309. The molecule has 27 heavy (non-hydrogen) atoms. The van der Waals surface area contributed by atoms with E-state index in [9.17, 15) is 14.4 Å². The summed E-state index contributed by atoms with van der Waals surface area (Å²) in [5.74, 6) is -0.594. The van der Waals surface area contributed by atoms with Crippen LogP contribution < -0.4 is 5.32 Å². The number of aromatic nitrogens is 1. The quantitative estimate of drug-likeness (QED) is 0.636. The Bertz CT molecular complexity index is 897. The van der Waals surface area contributed by atoms with Crippen molar-refractivity contribution in [2.75, 3.05) is 0 Å². The lowest BCUT2D eigenvalue weighted by molar-refractivity contribution is -0.117. The molecule has 1 aliphatic rings. The molecule has 140 valence electrons. The van der Waals surface area contributed by atoms with E-state index < -0.39 is 0 Å². The van der Waals surface area contributed by atoms with Crippen LogP contribution >= 0.6 is 0 Å². The predicted molar refractivity (Wildman–Crippen MR) is 104 cm³/mol. The Hall–Kier alpha value is -2.87. The Morgan fingerprint density at radius 3 is 2.52 bits per heavy atom. The van der Waals surface area contributed by atoms with Crippen LogP contribution in [0.5, 0.6) is 0 Å². The van der Waals surface area contributed by atoms with Crippen LogP contribution in [0.15, 0.2) is 35.9 Å². The van der Waals surface area contributed by atoms with E-state index in [0.29, 0.717) is 0 Å². The van der Waals surface area contributed by atoms with Crippen molar-refractivity contribution in [2.45, 2.75) is 52.0 Å². The van der Waals surface area contributed by atoms with Crippen LogP contribution in [-0.4, -0.2) is 16.5 Å². The molecule has 1 aliphatic carbocycles. The van der Waals surface area contributed by atoms with Crippen LogP contribution in [0, 0.1) is 31.0 Å². The van der Waals surface area contributed by atoms with Gasteiger partial charge < -0.3 is 9.88 Å². The van der Waals surface area contributed by atoms with Crippen LogP contribution in [0.2, 0.25) is 0 Å². The molecule has 0 bridgehead atoms. The van der Waals surface area contributed by atoms with Gasteiger partial charge in [0.1, 0.15) is 17.5 Å². The van der Waals surface area contributed by atoms with Crippen LogP contribution in [0.1, 0.15) is 49.1 Å². The summed E-state index contributed by atoms with van der Waals surface area (Å²) in [5, 5.41) is 12.5. The number of halogens is 1. The lowest BCUT2D eigenvalue weighted by Gasteiger charge is -2.22. The molecule has 0 radical (unpaired) electrons. The normalized spacial score (nSPS) is 15.4. The van der Waals surface area contributed by atoms with Gasteiger partial charge in [-0.15, -0.1) is 0 Å². The van der Waals surface area contributed by atoms with Gasteiger partial charge in [0.15, 0.2) is 0 Å². The van der Waals surface area contributed by atoms with E-state index in [1.165, 1.54) is 18.6 Å². The van der Waals surface area contributed by atoms with Gasteiger partial charge in [0.05, 0.1) is 0 Å². The summed E-state index contributed by atoms with van der Waals surface area (Å²) in [4.78, 5) is 12.5. The van der Waals surface area contributed by atoms with E-state index in [4.69, 9.17) is 0 Å². The lowest BCUT2D eigenvalue weighted by Crippen LogP contribution is -2.36. The molecular weight excluding hydrogens is 341 g/mol. The summed E-state index contributed by atoms with van der Waals surface area (Å²) in [5.41, 5.74) is 3.62. The molecule has 1 heterocycles. The van der Waals surface area contributed by atoms with E-state index in [2.05, 4.69) is 5.32 Å². The van der Waals surface area contributed by atoms with Crippen molar-refractivity contribution < 1.29 is 9.18 Å². The molecule has 1 aromatic heterocycles. The first kappa shape index (κ1) is 18.9. The molecule has 0 atom stereocenters. The van der Waals surface area contributed by atoms with Gasteiger partial charge in [-0.25, -0.2) is 4.39 Å². The van der Waals surface area contributed by atoms with E-state index in [0.717, 1.165) is 48.3 Å². The minimum Gasteiger partial charge on any atom is -0.349 e. The van der Waals surface area contributed by atoms with Crippen LogP contribution in [0.3, 0.4) is 0 Å². The van der Waals surface area contributed by atoms with E-state index in [-0.39, 0.29) is 23.3 Å². The number of rotatable bonds is 4. The Balaban J connectivity index is 1.86. The summed E-state index contributed by atoms with van der Waals surface area (Å²) < 4.78 is 15.2. The average molecular weight is 365 g/mol. The standard InChI is InChI=1S/C22H24FN3O/c1-15-12-17(16(2)26(15)21-10-8-19(23)9-11-21)13-18(14-24)22(27)25-20-6-4-3-5-7-20/h8-13,20H,3-7H2,1-2H3,(H,25,27). The summed E-state index contributed by atoms with van der Waals surface area (Å²) in [6, 6.07) is 10.4. The number of nitrogens with zero attached hydrogens (tertiary/aromatic N) is 2. The maximum absolute atomic E-state index is 13.2. The average Bonchev–Trinajstić information content (AvgIpc) is 2.94. The lowest BCUT2D eigenvalue weighted by atomic mass is 9.95. The first-order valence-corrected chi connectivity index (χ1v) is 9.37. The molecule has 0 unspecified atom stereocenters. The number of hydrogen-bond donors (Lipinski definition) is 1. The molecule has 0 spiro atoms. The van der Waals surface area contributed by atoms with E-state index in [1.807, 2.05) is 30.6 Å². The van der Waals surface area contributed by atoms with Crippen LogP contribution in [0.4, 0.5) is 4.39 Å². The maximum atomic E-state index is 13.2. The van der Waals surface area contributed by atoms with Crippen molar-refractivity contribution in [1.29, 1.82) is 5.26 Å². The van der Waals surface area contributed by atoms with Crippen LogP contribution in [-0.2, 0) is 4.79 Å². The van der Waals surface area contributed by atoms with Gasteiger partial charge in [0.2, 0.25) is 0 Å². The second kappa shape index (κ2) is 8.22. The van der Waals surface area contributed by atoms with Crippen molar-refractivity contribution in [3.63, 3.8) is 0 Å². The third-order valence-corrected chi connectivity index (χ3v) is 5.16. The largest absolute Gasteiger partial charge is 0.349 e. The number of carbonyl (C=O) groups excluding carboxylic acids is 1. The van der Waals surface area contributed by atoms with Gasteiger partial charge in [0, 0.05) is 23.1 Å². The van der Waals surface area contributed by atoms with Crippen molar-refractivity contribution in [3.8, 4) is 11.8 Å². The number of amides is 1. The van der Waals surface area contributed by atoms with E-state index in [1.54, 1.807) is 18.2 Å². The number of hydrogen-bond acceptors (Lipinski definition) is 2. The number of benzene rings is 1. The highest BCUT2D eigenvalue weighted by molar-refractivity contribution is 6.02. The zero-order valence-corrected chi connectivity index (χ0v) is 15.8. The highest BCUT2D eigenvalue weighted by atomic mass is 19.1. The van der Waals surface area contributed by atoms with Gasteiger partial charge >= 0.3 is 0 Å². The molecule has 4 nitrogen and oxygen atoms in total. The molecule has 1 fully saturated rings. The first-order chi connectivity index (χ1) is 13.0. The van der Waals surface area contributed by atoms with Gasteiger partial charge in [-0.1, -0.05) is 19.3 Å². The monoisotopic (exact) mass is 365 g/mol. The summed E-state index contributed by atoms with van der Waals surface area (Å²) >= 11 is 0. The Morgan fingerprint density at radius 1 is 1.22 bits per heavy atom. The molecular formula is C22H24FN3O. The third kappa shape index (κ3) is 4.28. The fourth-order valence-electron chi connectivity index (χ4n) is 3.74. The fourth-order valence-corrected chi connectivity index (χ4v) is 3.74. The molecule has 1 saturated carbocycles. The third-order valence-electron chi connectivity index (χ3n) is 5.16. The van der Waals surface area contributed by atoms with Crippen molar-refractivity contribution >= 4 is 12.0 Å². The molecule has 2 aromatic rings. The zero-order valence-electron chi connectivity index (χ0n) is 15.8. The topological polar surface area (TPSA) is 57.8 Å². The van der Waals surface area contributed by atoms with Gasteiger partial charge in [-0.2, -0.15) is 5.26 Å². The number of nitriles is 1. The highest BCUT2D eigenvalue weighted by Gasteiger charge is 2.19. The predicted octanol–water partition coefficient (Wildman–Crippen LogP) is 4.59. The molecule has 0 saturated heterocycles. The van der Waals surface area contributed by atoms with Crippen molar-refractivity contribution in [1.82, 2.24) is 9.88 Å². The van der Waals surface area contributed by atoms with Gasteiger partial charge in [-0.05, 0) is 68.7 Å². The van der Waals surface area contributed by atoms with Crippen molar-refractivity contribution in [2.24, 2.45) is 0 Å². The Morgan fingerprint density at radius 2 is 1.89 bits per heavy atom.